The van der Waals surface area contributed by atoms with Gasteiger partial charge in [-0.05, 0) is 57.6 Å². The minimum absolute atomic E-state index is 0.783. The van der Waals surface area contributed by atoms with Crippen molar-refractivity contribution < 1.29 is 8.78 Å². The zero-order valence-corrected chi connectivity index (χ0v) is 18.6. The fourth-order valence-electron chi connectivity index (χ4n) is 2.72. The molecule has 2 rings (SSSR count). The molecule has 0 radical (unpaired) electrons. The number of hydrogen-bond acceptors (Lipinski definition) is 0. The minimum Gasteiger partial charge on any atom is -0.208 e. The van der Waals surface area contributed by atoms with Gasteiger partial charge in [0, 0.05) is 0 Å². The van der Waals surface area contributed by atoms with Gasteiger partial charge in [0.15, 0.2) is 0 Å². The second-order valence-electron chi connectivity index (χ2n) is 7.63. The van der Waals surface area contributed by atoms with E-state index in [4.69, 9.17) is 0 Å². The number of benzene rings is 2. The van der Waals surface area contributed by atoms with Crippen molar-refractivity contribution in [3.63, 3.8) is 0 Å². The van der Waals surface area contributed by atoms with Gasteiger partial charge in [-0.3, -0.25) is 0 Å². The Bertz CT molecular complexity index is 622. The summed E-state index contributed by atoms with van der Waals surface area (Å²) in [6, 6.07) is 17.3. The lowest BCUT2D eigenvalue weighted by Gasteiger charge is -2.15. The van der Waals surface area contributed by atoms with Crippen LogP contribution in [0.3, 0.4) is 0 Å². The van der Waals surface area contributed by atoms with Gasteiger partial charge < -0.3 is 0 Å². The van der Waals surface area contributed by atoms with Gasteiger partial charge in [0.1, 0.15) is 0 Å². The molecule has 2 aromatic rings. The number of hydrogen-bond donors (Lipinski definition) is 0. The SMILES string of the molecule is C=Cc1ccc(C)cc1.CC(C)(F)F.CCCC(CCC)c1ccc(C)cc1. The third-order valence-corrected chi connectivity index (χ3v) is 4.14. The summed E-state index contributed by atoms with van der Waals surface area (Å²) < 4.78 is 22.0. The molecule has 0 amide bonds. The summed E-state index contributed by atoms with van der Waals surface area (Å²) in [4.78, 5) is 0. The zero-order valence-electron chi connectivity index (χ0n) is 18.6. The third-order valence-electron chi connectivity index (χ3n) is 4.14. The highest BCUT2D eigenvalue weighted by Crippen LogP contribution is 2.26. The molecular weight excluding hydrogens is 350 g/mol. The van der Waals surface area contributed by atoms with Gasteiger partial charge in [-0.15, -0.1) is 0 Å². The van der Waals surface area contributed by atoms with Gasteiger partial charge in [0.2, 0.25) is 5.92 Å². The van der Waals surface area contributed by atoms with Crippen molar-refractivity contribution >= 4 is 6.08 Å². The quantitative estimate of drug-likeness (QED) is 0.463. The molecule has 2 heteroatoms. The molecule has 0 aliphatic carbocycles. The number of halogens is 2. The first-order valence-corrected chi connectivity index (χ1v) is 10.2. The van der Waals surface area contributed by atoms with E-state index < -0.39 is 5.92 Å². The van der Waals surface area contributed by atoms with Crippen molar-refractivity contribution in [2.24, 2.45) is 0 Å². The highest BCUT2D eigenvalue weighted by atomic mass is 19.3. The van der Waals surface area contributed by atoms with E-state index in [0.717, 1.165) is 19.8 Å². The van der Waals surface area contributed by atoms with E-state index in [-0.39, 0.29) is 0 Å². The van der Waals surface area contributed by atoms with E-state index in [2.05, 4.69) is 82.8 Å². The molecular formula is C26H38F2. The Hall–Kier alpha value is -1.96. The standard InChI is InChI=1S/C14H22.C9H10.C3H6F2/c1-4-6-13(7-5-2)14-10-8-12(3)9-11-14;1-3-9-6-4-8(2)5-7-9;1-3(2,4)5/h8-11,13H,4-7H2,1-3H3;3-7H,1H2,2H3;1-2H3. The first-order chi connectivity index (χ1) is 13.1. The second-order valence-corrected chi connectivity index (χ2v) is 7.63. The van der Waals surface area contributed by atoms with Gasteiger partial charge >= 0.3 is 0 Å². The summed E-state index contributed by atoms with van der Waals surface area (Å²) in [5.41, 5.74) is 5.36. The van der Waals surface area contributed by atoms with Crippen LogP contribution < -0.4 is 0 Å². The molecule has 0 heterocycles. The van der Waals surface area contributed by atoms with Crippen LogP contribution >= 0.6 is 0 Å². The first kappa shape index (κ1) is 26.0. The first-order valence-electron chi connectivity index (χ1n) is 10.2. The Balaban J connectivity index is 0.000000445. The van der Waals surface area contributed by atoms with Crippen molar-refractivity contribution in [1.82, 2.24) is 0 Å². The summed E-state index contributed by atoms with van der Waals surface area (Å²) in [6.45, 7) is 14.1. The van der Waals surface area contributed by atoms with Crippen LogP contribution in [0.1, 0.15) is 81.5 Å². The monoisotopic (exact) mass is 388 g/mol. The third kappa shape index (κ3) is 14.1. The average molecular weight is 389 g/mol. The predicted octanol–water partition coefficient (Wildman–Crippen LogP) is 8.98. The molecule has 0 aliphatic heterocycles. The van der Waals surface area contributed by atoms with Crippen LogP contribution in [0.5, 0.6) is 0 Å². The normalized spacial score (nSPS) is 10.5. The van der Waals surface area contributed by atoms with Crippen LogP contribution in [0, 0.1) is 13.8 Å². The minimum atomic E-state index is -2.50. The Morgan fingerprint density at radius 1 is 0.821 bits per heavy atom. The molecule has 0 unspecified atom stereocenters. The fraction of sp³-hybridized carbons (Fsp3) is 0.462. The van der Waals surface area contributed by atoms with E-state index in [1.165, 1.54) is 47.9 Å². The van der Waals surface area contributed by atoms with Gasteiger partial charge in [0.25, 0.3) is 0 Å². The second kappa shape index (κ2) is 14.1. The lowest BCUT2D eigenvalue weighted by molar-refractivity contribution is 0.0437. The molecule has 28 heavy (non-hydrogen) atoms. The van der Waals surface area contributed by atoms with Crippen LogP contribution in [0.15, 0.2) is 55.1 Å². The molecule has 156 valence electrons. The van der Waals surface area contributed by atoms with Crippen LogP contribution in [-0.4, -0.2) is 5.92 Å². The lowest BCUT2D eigenvalue weighted by Crippen LogP contribution is -1.98. The van der Waals surface area contributed by atoms with E-state index in [1.807, 2.05) is 6.08 Å². The largest absolute Gasteiger partial charge is 0.242 e. The molecule has 2 aromatic carbocycles. The smallest absolute Gasteiger partial charge is 0.208 e. The van der Waals surface area contributed by atoms with Gasteiger partial charge in [-0.1, -0.05) is 99.0 Å². The number of rotatable bonds is 6. The van der Waals surface area contributed by atoms with Gasteiger partial charge in [0.05, 0.1) is 0 Å². The maximum absolute atomic E-state index is 11.0. The number of aryl methyl sites for hydroxylation is 2. The summed E-state index contributed by atoms with van der Waals surface area (Å²) in [5, 5.41) is 0. The van der Waals surface area contributed by atoms with Gasteiger partial charge in [-0.2, -0.15) is 0 Å². The topological polar surface area (TPSA) is 0 Å². The summed E-state index contributed by atoms with van der Waals surface area (Å²) in [5.74, 6) is -1.72. The van der Waals surface area contributed by atoms with Crippen molar-refractivity contribution in [3.8, 4) is 0 Å². The van der Waals surface area contributed by atoms with Crippen LogP contribution in [-0.2, 0) is 0 Å². The van der Waals surface area contributed by atoms with Crippen molar-refractivity contribution in [2.45, 2.75) is 79.1 Å². The maximum Gasteiger partial charge on any atom is 0.242 e. The van der Waals surface area contributed by atoms with Gasteiger partial charge in [-0.25, -0.2) is 8.78 Å². The molecule has 0 saturated heterocycles. The Labute approximate surface area is 171 Å². The molecule has 0 aliphatic rings. The van der Waals surface area contributed by atoms with Crippen molar-refractivity contribution in [3.05, 3.63) is 77.4 Å². The van der Waals surface area contributed by atoms with Crippen molar-refractivity contribution in [2.75, 3.05) is 0 Å². The summed E-state index contributed by atoms with van der Waals surface area (Å²) in [7, 11) is 0. The lowest BCUT2D eigenvalue weighted by atomic mass is 9.90. The molecule has 0 bridgehead atoms. The number of alkyl halides is 2. The molecule has 0 nitrogen and oxygen atoms in total. The molecule has 0 fully saturated rings. The fourth-order valence-corrected chi connectivity index (χ4v) is 2.72. The highest BCUT2D eigenvalue weighted by Gasteiger charge is 2.09. The Kier molecular flexibility index (Phi) is 13.1. The van der Waals surface area contributed by atoms with Crippen molar-refractivity contribution in [1.29, 1.82) is 0 Å². The van der Waals surface area contributed by atoms with Crippen LogP contribution in [0.25, 0.3) is 6.08 Å². The molecule has 0 aromatic heterocycles. The summed E-state index contributed by atoms with van der Waals surface area (Å²) in [6.07, 6.45) is 7.09. The van der Waals surface area contributed by atoms with E-state index in [0.29, 0.717) is 0 Å². The predicted molar refractivity (Wildman–Crippen MR) is 121 cm³/mol. The molecule has 0 saturated carbocycles. The van der Waals surface area contributed by atoms with E-state index in [9.17, 15) is 8.78 Å². The zero-order chi connectivity index (χ0) is 21.6. The summed E-state index contributed by atoms with van der Waals surface area (Å²) >= 11 is 0. The molecule has 0 N–H and O–H groups in total. The Morgan fingerprint density at radius 3 is 1.50 bits per heavy atom. The van der Waals surface area contributed by atoms with E-state index in [1.54, 1.807) is 0 Å². The van der Waals surface area contributed by atoms with Crippen LogP contribution in [0.2, 0.25) is 0 Å². The molecule has 0 atom stereocenters. The van der Waals surface area contributed by atoms with Crippen LogP contribution in [0.4, 0.5) is 8.78 Å². The average Bonchev–Trinajstić information content (AvgIpc) is 2.62. The van der Waals surface area contributed by atoms with E-state index >= 15 is 0 Å². The highest BCUT2D eigenvalue weighted by molar-refractivity contribution is 5.46. The Morgan fingerprint density at radius 2 is 1.18 bits per heavy atom. The molecule has 0 spiro atoms. The maximum atomic E-state index is 11.0.